The van der Waals surface area contributed by atoms with Crippen LogP contribution in [0.2, 0.25) is 0 Å². The van der Waals surface area contributed by atoms with Crippen molar-refractivity contribution < 1.29 is 26.7 Å². The Bertz CT molecular complexity index is 349. The SMILES string of the molecule is Nc1ccc(C(F)F)cc1OC(F)(F)F. The van der Waals surface area contributed by atoms with Crippen LogP contribution in [-0.2, 0) is 0 Å². The number of benzene rings is 1. The normalized spacial score (nSPS) is 11.9. The average molecular weight is 227 g/mol. The molecule has 1 aromatic rings. The van der Waals surface area contributed by atoms with E-state index in [2.05, 4.69) is 4.74 Å². The molecule has 1 aromatic carbocycles. The first kappa shape index (κ1) is 11.5. The number of hydrogen-bond acceptors (Lipinski definition) is 2. The van der Waals surface area contributed by atoms with E-state index in [1.165, 1.54) is 0 Å². The minimum atomic E-state index is -4.95. The van der Waals surface area contributed by atoms with E-state index in [1.807, 2.05) is 0 Å². The monoisotopic (exact) mass is 227 g/mol. The summed E-state index contributed by atoms with van der Waals surface area (Å²) in [7, 11) is 0. The van der Waals surface area contributed by atoms with Crippen LogP contribution in [0, 0.1) is 0 Å². The highest BCUT2D eigenvalue weighted by molar-refractivity contribution is 5.54. The van der Waals surface area contributed by atoms with Crippen LogP contribution >= 0.6 is 0 Å². The van der Waals surface area contributed by atoms with E-state index in [1.54, 1.807) is 0 Å². The number of alkyl halides is 5. The standard InChI is InChI=1S/C8H6F5NO/c9-7(10)4-1-2-5(14)6(3-4)15-8(11,12)13/h1-3,7H,14H2. The molecule has 0 heterocycles. The van der Waals surface area contributed by atoms with Crippen LogP contribution in [-0.4, -0.2) is 6.36 Å². The van der Waals surface area contributed by atoms with Gasteiger partial charge in [0.25, 0.3) is 6.43 Å². The number of nitrogens with two attached hydrogens (primary N) is 1. The van der Waals surface area contributed by atoms with Crippen molar-refractivity contribution in [2.45, 2.75) is 12.8 Å². The molecule has 0 aliphatic rings. The first-order valence-electron chi connectivity index (χ1n) is 3.73. The molecule has 2 nitrogen and oxygen atoms in total. The van der Waals surface area contributed by atoms with Gasteiger partial charge in [-0.25, -0.2) is 8.78 Å². The number of nitrogen functional groups attached to an aromatic ring is 1. The molecule has 0 fully saturated rings. The van der Waals surface area contributed by atoms with Crippen molar-refractivity contribution in [3.8, 4) is 5.75 Å². The van der Waals surface area contributed by atoms with Crippen LogP contribution in [0.1, 0.15) is 12.0 Å². The van der Waals surface area contributed by atoms with Crippen molar-refractivity contribution in [3.05, 3.63) is 23.8 Å². The third-order valence-corrected chi connectivity index (χ3v) is 1.52. The Morgan fingerprint density at radius 2 is 1.80 bits per heavy atom. The molecule has 0 unspecified atom stereocenters. The summed E-state index contributed by atoms with van der Waals surface area (Å²) in [6, 6.07) is 2.43. The molecule has 7 heteroatoms. The van der Waals surface area contributed by atoms with Crippen molar-refractivity contribution in [3.63, 3.8) is 0 Å². The molecule has 84 valence electrons. The fourth-order valence-corrected chi connectivity index (χ4v) is 0.900. The van der Waals surface area contributed by atoms with Crippen LogP contribution in [0.5, 0.6) is 5.75 Å². The Morgan fingerprint density at radius 1 is 1.20 bits per heavy atom. The van der Waals surface area contributed by atoms with E-state index in [-0.39, 0.29) is 5.69 Å². The Morgan fingerprint density at radius 3 is 2.27 bits per heavy atom. The van der Waals surface area contributed by atoms with Gasteiger partial charge in [-0.1, -0.05) is 6.07 Å². The molecular weight excluding hydrogens is 221 g/mol. The van der Waals surface area contributed by atoms with Crippen LogP contribution in [0.3, 0.4) is 0 Å². The van der Waals surface area contributed by atoms with Crippen molar-refractivity contribution in [1.29, 1.82) is 0 Å². The highest BCUT2D eigenvalue weighted by atomic mass is 19.4. The number of halogens is 5. The molecule has 0 saturated carbocycles. The van der Waals surface area contributed by atoms with Gasteiger partial charge in [0.2, 0.25) is 0 Å². The summed E-state index contributed by atoms with van der Waals surface area (Å²) in [5.74, 6) is -0.819. The van der Waals surface area contributed by atoms with Gasteiger partial charge in [0, 0.05) is 5.56 Å². The van der Waals surface area contributed by atoms with Crippen molar-refractivity contribution in [2.75, 3.05) is 5.73 Å². The molecule has 0 bridgehead atoms. The fraction of sp³-hybridized carbons (Fsp3) is 0.250. The zero-order valence-corrected chi connectivity index (χ0v) is 7.18. The lowest BCUT2D eigenvalue weighted by Crippen LogP contribution is -2.18. The number of rotatable bonds is 2. The zero-order chi connectivity index (χ0) is 11.6. The highest BCUT2D eigenvalue weighted by Gasteiger charge is 2.32. The van der Waals surface area contributed by atoms with Crippen molar-refractivity contribution in [1.82, 2.24) is 0 Å². The third kappa shape index (κ3) is 3.26. The largest absolute Gasteiger partial charge is 0.573 e. The molecule has 1 rings (SSSR count). The maximum atomic E-state index is 12.1. The van der Waals surface area contributed by atoms with Crippen LogP contribution in [0.15, 0.2) is 18.2 Å². The lowest BCUT2D eigenvalue weighted by Gasteiger charge is -2.12. The summed E-state index contributed by atoms with van der Waals surface area (Å²) in [6.45, 7) is 0. The molecular formula is C8H6F5NO. The molecule has 0 aliphatic heterocycles. The van der Waals surface area contributed by atoms with Crippen molar-refractivity contribution >= 4 is 5.69 Å². The zero-order valence-electron chi connectivity index (χ0n) is 7.18. The van der Waals surface area contributed by atoms with Gasteiger partial charge in [-0.05, 0) is 12.1 Å². The van der Waals surface area contributed by atoms with Gasteiger partial charge in [0.1, 0.15) is 0 Å². The molecule has 15 heavy (non-hydrogen) atoms. The number of ether oxygens (including phenoxy) is 1. The van der Waals surface area contributed by atoms with Gasteiger partial charge < -0.3 is 10.5 Å². The van der Waals surface area contributed by atoms with Crippen molar-refractivity contribution in [2.24, 2.45) is 0 Å². The summed E-state index contributed by atoms with van der Waals surface area (Å²) in [5, 5.41) is 0. The average Bonchev–Trinajstić information content (AvgIpc) is 2.06. The fourth-order valence-electron chi connectivity index (χ4n) is 0.900. The first-order chi connectivity index (χ1) is 6.79. The Labute approximate surface area is 81.4 Å². The first-order valence-corrected chi connectivity index (χ1v) is 3.73. The van der Waals surface area contributed by atoms with Gasteiger partial charge in [0.15, 0.2) is 5.75 Å². The summed E-state index contributed by atoms with van der Waals surface area (Å²) in [5.41, 5.74) is 4.20. The second kappa shape index (κ2) is 3.92. The summed E-state index contributed by atoms with van der Waals surface area (Å²) >= 11 is 0. The minimum absolute atomic E-state index is 0.350. The number of anilines is 1. The van der Waals surface area contributed by atoms with Gasteiger partial charge in [-0.2, -0.15) is 0 Å². The van der Waals surface area contributed by atoms with E-state index >= 15 is 0 Å². The molecule has 0 aromatic heterocycles. The Hall–Kier alpha value is -1.53. The van der Waals surface area contributed by atoms with Gasteiger partial charge in [-0.15, -0.1) is 13.2 Å². The maximum Gasteiger partial charge on any atom is 0.573 e. The smallest absolute Gasteiger partial charge is 0.404 e. The van der Waals surface area contributed by atoms with E-state index in [9.17, 15) is 22.0 Å². The van der Waals surface area contributed by atoms with Crippen LogP contribution in [0.4, 0.5) is 27.6 Å². The van der Waals surface area contributed by atoms with Gasteiger partial charge >= 0.3 is 6.36 Å². The van der Waals surface area contributed by atoms with Gasteiger partial charge in [0.05, 0.1) is 5.69 Å². The highest BCUT2D eigenvalue weighted by Crippen LogP contribution is 2.32. The second-order valence-electron chi connectivity index (χ2n) is 2.65. The second-order valence-corrected chi connectivity index (χ2v) is 2.65. The molecule has 0 amide bonds. The number of hydrogen-bond donors (Lipinski definition) is 1. The maximum absolute atomic E-state index is 12.1. The third-order valence-electron chi connectivity index (χ3n) is 1.52. The van der Waals surface area contributed by atoms with E-state index in [4.69, 9.17) is 5.73 Å². The Balaban J connectivity index is 3.01. The van der Waals surface area contributed by atoms with E-state index in [0.717, 1.165) is 12.1 Å². The minimum Gasteiger partial charge on any atom is -0.404 e. The summed E-state index contributed by atoms with van der Waals surface area (Å²) < 4.78 is 63.1. The van der Waals surface area contributed by atoms with Crippen LogP contribution < -0.4 is 10.5 Å². The lowest BCUT2D eigenvalue weighted by atomic mass is 10.2. The Kier molecular flexibility index (Phi) is 3.01. The van der Waals surface area contributed by atoms with E-state index in [0.29, 0.717) is 6.07 Å². The predicted molar refractivity (Wildman–Crippen MR) is 42.5 cm³/mol. The van der Waals surface area contributed by atoms with Gasteiger partial charge in [-0.3, -0.25) is 0 Å². The van der Waals surface area contributed by atoms with E-state index < -0.39 is 24.1 Å². The molecule has 0 spiro atoms. The molecule has 2 N–H and O–H groups in total. The lowest BCUT2D eigenvalue weighted by molar-refractivity contribution is -0.274. The summed E-state index contributed by atoms with van der Waals surface area (Å²) in [4.78, 5) is 0. The molecule has 0 saturated heterocycles. The quantitative estimate of drug-likeness (QED) is 0.622. The molecule has 0 aliphatic carbocycles. The topological polar surface area (TPSA) is 35.2 Å². The molecule has 0 radical (unpaired) electrons. The van der Waals surface area contributed by atoms with Crippen LogP contribution in [0.25, 0.3) is 0 Å². The predicted octanol–water partition coefficient (Wildman–Crippen LogP) is 3.11. The molecule has 0 atom stereocenters. The summed E-state index contributed by atoms with van der Waals surface area (Å²) in [6.07, 6.45) is -7.82.